The van der Waals surface area contributed by atoms with E-state index in [0.29, 0.717) is 32.5 Å². The number of hydrogen-bond acceptors (Lipinski definition) is 3. The summed E-state index contributed by atoms with van der Waals surface area (Å²) in [5.41, 5.74) is 2.18. The third-order valence-electron chi connectivity index (χ3n) is 5.50. The Kier molecular flexibility index (Phi) is 6.17. The Bertz CT molecular complexity index is 651. The SMILES string of the molecule is CN(C)C(=O)CCc1ccc2c(c1)CN(C(=O)C1CCCCC1)CCO2. The predicted molar refractivity (Wildman–Crippen MR) is 101 cm³/mol. The third kappa shape index (κ3) is 4.57. The molecule has 0 bridgehead atoms. The van der Waals surface area contributed by atoms with Gasteiger partial charge in [-0.3, -0.25) is 9.59 Å². The Hall–Kier alpha value is -2.04. The molecule has 2 aliphatic rings. The first kappa shape index (κ1) is 18.7. The molecular weight excluding hydrogens is 328 g/mol. The average Bonchev–Trinajstić information content (AvgIpc) is 2.88. The zero-order valence-corrected chi connectivity index (χ0v) is 16.0. The number of ether oxygens (including phenoxy) is 1. The first-order valence-corrected chi connectivity index (χ1v) is 9.78. The first-order chi connectivity index (χ1) is 12.5. The van der Waals surface area contributed by atoms with E-state index in [4.69, 9.17) is 4.74 Å². The van der Waals surface area contributed by atoms with Crippen molar-refractivity contribution in [1.82, 2.24) is 9.80 Å². The molecule has 0 saturated heterocycles. The van der Waals surface area contributed by atoms with Crippen molar-refractivity contribution in [3.63, 3.8) is 0 Å². The maximum atomic E-state index is 12.9. The largest absolute Gasteiger partial charge is 0.491 e. The van der Waals surface area contributed by atoms with Gasteiger partial charge in [0, 0.05) is 38.5 Å². The smallest absolute Gasteiger partial charge is 0.226 e. The Labute approximate surface area is 156 Å². The summed E-state index contributed by atoms with van der Waals surface area (Å²) < 4.78 is 5.87. The van der Waals surface area contributed by atoms with Crippen LogP contribution in [0.3, 0.4) is 0 Å². The molecule has 1 aromatic rings. The topological polar surface area (TPSA) is 49.9 Å². The molecule has 0 N–H and O–H groups in total. The molecule has 3 rings (SSSR count). The normalized spacial score (nSPS) is 17.8. The lowest BCUT2D eigenvalue weighted by molar-refractivity contribution is -0.137. The molecule has 1 aliphatic carbocycles. The van der Waals surface area contributed by atoms with Crippen molar-refractivity contribution >= 4 is 11.8 Å². The summed E-state index contributed by atoms with van der Waals surface area (Å²) in [7, 11) is 3.56. The molecule has 1 aliphatic heterocycles. The van der Waals surface area contributed by atoms with E-state index in [1.54, 1.807) is 19.0 Å². The number of fused-ring (bicyclic) bond motifs is 1. The molecule has 142 valence electrons. The standard InChI is InChI=1S/C21H30N2O3/c1-22(2)20(24)11-9-16-8-10-19-18(14-16)15-23(12-13-26-19)21(25)17-6-4-3-5-7-17/h8,10,14,17H,3-7,9,11-13,15H2,1-2H3. The number of carbonyl (C=O) groups excluding carboxylic acids is 2. The highest BCUT2D eigenvalue weighted by atomic mass is 16.5. The number of amides is 2. The van der Waals surface area contributed by atoms with E-state index < -0.39 is 0 Å². The molecule has 0 aromatic heterocycles. The second-order valence-corrected chi connectivity index (χ2v) is 7.67. The minimum absolute atomic E-state index is 0.130. The number of rotatable bonds is 4. The molecule has 1 heterocycles. The van der Waals surface area contributed by atoms with Crippen LogP contribution < -0.4 is 4.74 Å². The highest BCUT2D eigenvalue weighted by Gasteiger charge is 2.28. The van der Waals surface area contributed by atoms with Gasteiger partial charge in [-0.05, 0) is 30.9 Å². The number of aryl methyl sites for hydroxylation is 1. The van der Waals surface area contributed by atoms with Crippen LogP contribution in [0.15, 0.2) is 18.2 Å². The quantitative estimate of drug-likeness (QED) is 0.831. The molecule has 0 radical (unpaired) electrons. The summed E-state index contributed by atoms with van der Waals surface area (Å²) >= 11 is 0. The maximum Gasteiger partial charge on any atom is 0.226 e. The van der Waals surface area contributed by atoms with Gasteiger partial charge < -0.3 is 14.5 Å². The fraction of sp³-hybridized carbons (Fsp3) is 0.619. The fourth-order valence-electron chi connectivity index (χ4n) is 3.87. The van der Waals surface area contributed by atoms with Gasteiger partial charge in [0.2, 0.25) is 11.8 Å². The van der Waals surface area contributed by atoms with Gasteiger partial charge in [-0.1, -0.05) is 31.4 Å². The summed E-state index contributed by atoms with van der Waals surface area (Å²) in [5.74, 6) is 1.47. The lowest BCUT2D eigenvalue weighted by Crippen LogP contribution is -2.37. The monoisotopic (exact) mass is 358 g/mol. The molecule has 5 nitrogen and oxygen atoms in total. The van der Waals surface area contributed by atoms with Crippen molar-refractivity contribution in [2.75, 3.05) is 27.2 Å². The van der Waals surface area contributed by atoms with E-state index in [-0.39, 0.29) is 17.7 Å². The lowest BCUT2D eigenvalue weighted by atomic mass is 9.88. The minimum Gasteiger partial charge on any atom is -0.491 e. The Balaban J connectivity index is 1.68. The Morgan fingerprint density at radius 2 is 1.96 bits per heavy atom. The molecule has 1 saturated carbocycles. The van der Waals surface area contributed by atoms with Crippen molar-refractivity contribution in [3.8, 4) is 5.75 Å². The summed E-state index contributed by atoms with van der Waals surface area (Å²) in [4.78, 5) is 28.3. The molecular formula is C21H30N2O3. The van der Waals surface area contributed by atoms with Gasteiger partial charge in [-0.15, -0.1) is 0 Å². The molecule has 1 fully saturated rings. The molecule has 5 heteroatoms. The molecule has 26 heavy (non-hydrogen) atoms. The van der Waals surface area contributed by atoms with E-state index in [1.165, 1.54) is 19.3 Å². The number of nitrogens with zero attached hydrogens (tertiary/aromatic N) is 2. The zero-order chi connectivity index (χ0) is 18.5. The van der Waals surface area contributed by atoms with Crippen LogP contribution in [-0.4, -0.2) is 48.9 Å². The van der Waals surface area contributed by atoms with Crippen LogP contribution in [-0.2, 0) is 22.6 Å². The van der Waals surface area contributed by atoms with Gasteiger partial charge in [-0.25, -0.2) is 0 Å². The molecule has 0 atom stereocenters. The van der Waals surface area contributed by atoms with Crippen LogP contribution in [0.1, 0.15) is 49.7 Å². The van der Waals surface area contributed by atoms with Gasteiger partial charge in [0.05, 0.1) is 6.54 Å². The van der Waals surface area contributed by atoms with Gasteiger partial charge in [0.1, 0.15) is 12.4 Å². The minimum atomic E-state index is 0.130. The van der Waals surface area contributed by atoms with E-state index in [1.807, 2.05) is 17.0 Å². The van der Waals surface area contributed by atoms with Gasteiger partial charge in [-0.2, -0.15) is 0 Å². The zero-order valence-electron chi connectivity index (χ0n) is 16.0. The molecule has 0 spiro atoms. The van der Waals surface area contributed by atoms with Crippen molar-refractivity contribution in [2.24, 2.45) is 5.92 Å². The van der Waals surface area contributed by atoms with Crippen LogP contribution >= 0.6 is 0 Å². The third-order valence-corrected chi connectivity index (χ3v) is 5.50. The van der Waals surface area contributed by atoms with E-state index in [9.17, 15) is 9.59 Å². The first-order valence-electron chi connectivity index (χ1n) is 9.78. The van der Waals surface area contributed by atoms with Gasteiger partial charge >= 0.3 is 0 Å². The molecule has 0 unspecified atom stereocenters. The maximum absolute atomic E-state index is 12.9. The highest BCUT2D eigenvalue weighted by molar-refractivity contribution is 5.79. The summed E-state index contributed by atoms with van der Waals surface area (Å²) in [6.07, 6.45) is 6.84. The average molecular weight is 358 g/mol. The fourth-order valence-corrected chi connectivity index (χ4v) is 3.87. The van der Waals surface area contributed by atoms with Crippen LogP contribution in [0, 0.1) is 5.92 Å². The van der Waals surface area contributed by atoms with E-state index in [0.717, 1.165) is 29.7 Å². The van der Waals surface area contributed by atoms with E-state index >= 15 is 0 Å². The Morgan fingerprint density at radius 3 is 2.69 bits per heavy atom. The van der Waals surface area contributed by atoms with Crippen molar-refractivity contribution in [3.05, 3.63) is 29.3 Å². The van der Waals surface area contributed by atoms with Crippen molar-refractivity contribution in [2.45, 2.75) is 51.5 Å². The highest BCUT2D eigenvalue weighted by Crippen LogP contribution is 2.29. The summed E-state index contributed by atoms with van der Waals surface area (Å²) in [5, 5.41) is 0. The number of hydrogen-bond donors (Lipinski definition) is 0. The second kappa shape index (κ2) is 8.56. The van der Waals surface area contributed by atoms with Crippen LogP contribution in [0.5, 0.6) is 5.75 Å². The van der Waals surface area contributed by atoms with Gasteiger partial charge in [0.15, 0.2) is 0 Å². The second-order valence-electron chi connectivity index (χ2n) is 7.67. The van der Waals surface area contributed by atoms with Crippen LogP contribution in [0.25, 0.3) is 0 Å². The van der Waals surface area contributed by atoms with Crippen molar-refractivity contribution < 1.29 is 14.3 Å². The van der Waals surface area contributed by atoms with Crippen LogP contribution in [0.4, 0.5) is 0 Å². The molecule has 2 amide bonds. The summed E-state index contributed by atoms with van der Waals surface area (Å²) in [6.45, 7) is 1.81. The Morgan fingerprint density at radius 1 is 1.19 bits per heavy atom. The van der Waals surface area contributed by atoms with Crippen LogP contribution in [0.2, 0.25) is 0 Å². The number of benzene rings is 1. The number of carbonyl (C=O) groups is 2. The van der Waals surface area contributed by atoms with Gasteiger partial charge in [0.25, 0.3) is 0 Å². The predicted octanol–water partition coefficient (Wildman–Crippen LogP) is 3.01. The summed E-state index contributed by atoms with van der Waals surface area (Å²) in [6, 6.07) is 6.12. The van der Waals surface area contributed by atoms with E-state index in [2.05, 4.69) is 6.07 Å². The molecule has 1 aromatic carbocycles. The van der Waals surface area contributed by atoms with Crippen molar-refractivity contribution in [1.29, 1.82) is 0 Å². The lowest BCUT2D eigenvalue weighted by Gasteiger charge is -2.28.